The van der Waals surface area contributed by atoms with E-state index in [1.54, 1.807) is 0 Å². The van der Waals surface area contributed by atoms with E-state index in [1.807, 2.05) is 0 Å². The predicted molar refractivity (Wildman–Crippen MR) is 104 cm³/mol. The van der Waals surface area contributed by atoms with Crippen molar-refractivity contribution in [2.24, 2.45) is 11.7 Å². The first kappa shape index (κ1) is 18.8. The van der Waals surface area contributed by atoms with Crippen LogP contribution in [0.5, 0.6) is 0 Å². The third-order valence-corrected chi connectivity index (χ3v) is 4.67. The topological polar surface area (TPSA) is 41.7 Å². The van der Waals surface area contributed by atoms with E-state index in [1.165, 1.54) is 22.6 Å². The molecule has 0 radical (unpaired) electrons. The van der Waals surface area contributed by atoms with E-state index in [-0.39, 0.29) is 0 Å². The van der Waals surface area contributed by atoms with Gasteiger partial charge in [0.15, 0.2) is 0 Å². The zero-order chi connectivity index (χ0) is 17.5. The third-order valence-electron chi connectivity index (χ3n) is 4.67. The molecule has 1 aliphatic rings. The van der Waals surface area contributed by atoms with Crippen molar-refractivity contribution in [1.29, 1.82) is 0 Å². The maximum Gasteiger partial charge on any atom is 0.0642 e. The van der Waals surface area contributed by atoms with Crippen molar-refractivity contribution < 1.29 is 4.74 Å². The second-order valence-electron chi connectivity index (χ2n) is 6.78. The monoisotopic (exact) mass is 331 g/mol. The van der Waals surface area contributed by atoms with E-state index < -0.39 is 0 Å². The van der Waals surface area contributed by atoms with Crippen molar-refractivity contribution in [3.8, 4) is 0 Å². The molecule has 0 amide bonds. The average Bonchev–Trinajstić information content (AvgIpc) is 2.60. The molecule has 1 aromatic carbocycles. The molecule has 1 saturated heterocycles. The van der Waals surface area contributed by atoms with E-state index in [2.05, 4.69) is 61.8 Å². The summed E-state index contributed by atoms with van der Waals surface area (Å²) in [5.41, 5.74) is 11.1. The summed E-state index contributed by atoms with van der Waals surface area (Å²) in [6.07, 6.45) is 3.33. The number of aryl methyl sites for hydroxylation is 1. The van der Waals surface area contributed by atoms with E-state index >= 15 is 0 Å². The summed E-state index contributed by atoms with van der Waals surface area (Å²) >= 11 is 0. The number of hydrogen-bond donors (Lipinski definition) is 1. The van der Waals surface area contributed by atoms with Crippen LogP contribution in [0.15, 0.2) is 30.0 Å². The van der Waals surface area contributed by atoms with Gasteiger partial charge in [0.2, 0.25) is 0 Å². The van der Waals surface area contributed by atoms with Gasteiger partial charge in [0, 0.05) is 36.7 Å². The largest absolute Gasteiger partial charge is 0.378 e. The van der Waals surface area contributed by atoms with E-state index in [9.17, 15) is 0 Å². The summed E-state index contributed by atoms with van der Waals surface area (Å²) in [7, 11) is 0. The molecule has 134 valence electrons. The zero-order valence-corrected chi connectivity index (χ0v) is 15.7. The number of hydrogen-bond acceptors (Lipinski definition) is 4. The van der Waals surface area contributed by atoms with Crippen LogP contribution in [-0.4, -0.2) is 39.4 Å². The quantitative estimate of drug-likeness (QED) is 0.830. The predicted octanol–water partition coefficient (Wildman–Crippen LogP) is 3.55. The van der Waals surface area contributed by atoms with Crippen LogP contribution in [0.3, 0.4) is 0 Å². The Balaban J connectivity index is 2.26. The Hall–Kier alpha value is -1.52. The number of nitrogens with two attached hydrogens (primary N) is 1. The molecule has 0 spiro atoms. The minimum absolute atomic E-state index is 0.462. The lowest BCUT2D eigenvalue weighted by Crippen LogP contribution is -2.36. The van der Waals surface area contributed by atoms with Gasteiger partial charge in [0.1, 0.15) is 0 Å². The molecule has 1 heterocycles. The van der Waals surface area contributed by atoms with E-state index in [0.717, 1.165) is 39.3 Å². The van der Waals surface area contributed by atoms with Crippen LogP contribution in [0, 0.1) is 12.8 Å². The smallest absolute Gasteiger partial charge is 0.0642 e. The number of benzene rings is 1. The molecule has 1 unspecified atom stereocenters. The number of ether oxygens (including phenoxy) is 1. The molecule has 2 N–H and O–H groups in total. The van der Waals surface area contributed by atoms with Crippen molar-refractivity contribution >= 4 is 11.4 Å². The van der Waals surface area contributed by atoms with Gasteiger partial charge in [-0.1, -0.05) is 19.9 Å². The first-order chi connectivity index (χ1) is 11.6. The summed E-state index contributed by atoms with van der Waals surface area (Å²) in [6.45, 7) is 14.0. The molecule has 0 aromatic heterocycles. The molecule has 4 nitrogen and oxygen atoms in total. The Morgan fingerprint density at radius 2 is 2.08 bits per heavy atom. The van der Waals surface area contributed by atoms with E-state index in [0.29, 0.717) is 12.5 Å². The summed E-state index contributed by atoms with van der Waals surface area (Å²) in [5.74, 6) is 0.462. The minimum atomic E-state index is 0.462. The second-order valence-corrected chi connectivity index (χ2v) is 6.78. The van der Waals surface area contributed by atoms with Gasteiger partial charge in [-0.2, -0.15) is 0 Å². The van der Waals surface area contributed by atoms with Gasteiger partial charge in [0.25, 0.3) is 0 Å². The first-order valence-electron chi connectivity index (χ1n) is 9.14. The third kappa shape index (κ3) is 4.74. The molecular weight excluding hydrogens is 298 g/mol. The standard InChI is InChI=1S/C20H33N3O/c1-5-6-18(4)23(15-16(2)14-21)19-7-8-20(17(3)13-19)22-9-11-24-12-10-22/h6-8,13,16H,5,9-12,14-15,21H2,1-4H3. The van der Waals surface area contributed by atoms with Crippen molar-refractivity contribution in [2.75, 3.05) is 49.2 Å². The van der Waals surface area contributed by atoms with Crippen molar-refractivity contribution in [3.05, 3.63) is 35.5 Å². The molecule has 2 rings (SSSR count). The lowest BCUT2D eigenvalue weighted by Gasteiger charge is -2.32. The molecule has 0 bridgehead atoms. The molecular formula is C20H33N3O. The van der Waals surface area contributed by atoms with Crippen LogP contribution in [0.25, 0.3) is 0 Å². The van der Waals surface area contributed by atoms with Gasteiger partial charge in [-0.15, -0.1) is 0 Å². The molecule has 4 heteroatoms. The first-order valence-corrected chi connectivity index (χ1v) is 9.14. The molecule has 0 saturated carbocycles. The van der Waals surface area contributed by atoms with Gasteiger partial charge in [-0.25, -0.2) is 0 Å². The van der Waals surface area contributed by atoms with Crippen LogP contribution in [0.2, 0.25) is 0 Å². The highest BCUT2D eigenvalue weighted by atomic mass is 16.5. The Kier molecular flexibility index (Phi) is 7.13. The maximum absolute atomic E-state index is 5.86. The molecule has 1 fully saturated rings. The van der Waals surface area contributed by atoms with E-state index in [4.69, 9.17) is 10.5 Å². The lowest BCUT2D eigenvalue weighted by atomic mass is 10.1. The molecule has 1 aromatic rings. The Labute approximate surface area is 147 Å². The van der Waals surface area contributed by atoms with Crippen LogP contribution >= 0.6 is 0 Å². The van der Waals surface area contributed by atoms with Crippen LogP contribution in [0.4, 0.5) is 11.4 Å². The second kappa shape index (κ2) is 9.09. The molecule has 1 aliphatic heterocycles. The van der Waals surface area contributed by atoms with Crippen LogP contribution in [-0.2, 0) is 4.74 Å². The number of allylic oxidation sites excluding steroid dienone is 2. The summed E-state index contributed by atoms with van der Waals surface area (Å²) in [6, 6.07) is 6.81. The van der Waals surface area contributed by atoms with Crippen molar-refractivity contribution in [1.82, 2.24) is 0 Å². The fraction of sp³-hybridized carbons (Fsp3) is 0.600. The highest BCUT2D eigenvalue weighted by molar-refractivity contribution is 5.63. The van der Waals surface area contributed by atoms with Crippen LogP contribution in [0.1, 0.15) is 32.8 Å². The minimum Gasteiger partial charge on any atom is -0.378 e. The Bertz CT molecular complexity index is 550. The van der Waals surface area contributed by atoms with Crippen molar-refractivity contribution in [2.45, 2.75) is 34.1 Å². The van der Waals surface area contributed by atoms with Gasteiger partial charge >= 0.3 is 0 Å². The number of rotatable bonds is 7. The Morgan fingerprint density at radius 3 is 2.67 bits per heavy atom. The normalized spacial score (nSPS) is 17.0. The highest BCUT2D eigenvalue weighted by Crippen LogP contribution is 2.28. The molecule has 0 aliphatic carbocycles. The summed E-state index contributed by atoms with van der Waals surface area (Å²) in [4.78, 5) is 4.82. The highest BCUT2D eigenvalue weighted by Gasteiger charge is 2.16. The lowest BCUT2D eigenvalue weighted by molar-refractivity contribution is 0.122. The molecule has 1 atom stereocenters. The number of nitrogens with zero attached hydrogens (tertiary/aromatic N) is 2. The fourth-order valence-electron chi connectivity index (χ4n) is 3.21. The van der Waals surface area contributed by atoms with Gasteiger partial charge in [-0.05, 0) is 56.5 Å². The van der Waals surface area contributed by atoms with Gasteiger partial charge < -0.3 is 20.3 Å². The fourth-order valence-corrected chi connectivity index (χ4v) is 3.21. The van der Waals surface area contributed by atoms with Crippen molar-refractivity contribution in [3.63, 3.8) is 0 Å². The SMILES string of the molecule is CCC=C(C)N(CC(C)CN)c1ccc(N2CCOCC2)c(C)c1. The Morgan fingerprint density at radius 1 is 1.38 bits per heavy atom. The number of morpholine rings is 1. The zero-order valence-electron chi connectivity index (χ0n) is 15.7. The van der Waals surface area contributed by atoms with Gasteiger partial charge in [-0.3, -0.25) is 0 Å². The number of anilines is 2. The summed E-state index contributed by atoms with van der Waals surface area (Å²) < 4.78 is 5.47. The summed E-state index contributed by atoms with van der Waals surface area (Å²) in [5, 5.41) is 0. The van der Waals surface area contributed by atoms with Gasteiger partial charge in [0.05, 0.1) is 13.2 Å². The average molecular weight is 332 g/mol. The maximum atomic E-state index is 5.86. The van der Waals surface area contributed by atoms with Crippen LogP contribution < -0.4 is 15.5 Å². The molecule has 24 heavy (non-hydrogen) atoms.